The lowest BCUT2D eigenvalue weighted by Crippen LogP contribution is -2.47. The zero-order valence-corrected chi connectivity index (χ0v) is 19.5. The van der Waals surface area contributed by atoms with E-state index in [1.807, 2.05) is 35.7 Å². The molecule has 4 rings (SSSR count). The molecular formula is C25H24FN3O4S. The Balaban J connectivity index is 1.49. The van der Waals surface area contributed by atoms with Crippen LogP contribution in [-0.2, 0) is 16.0 Å². The Kier molecular flexibility index (Phi) is 6.65. The molecular weight excluding hydrogens is 457 g/mol. The monoisotopic (exact) mass is 481 g/mol. The number of urea groups is 1. The molecule has 0 saturated carbocycles. The highest BCUT2D eigenvalue weighted by Crippen LogP contribution is 2.28. The average Bonchev–Trinajstić information content (AvgIpc) is 3.42. The first kappa shape index (κ1) is 23.4. The van der Waals surface area contributed by atoms with Crippen LogP contribution in [0, 0.1) is 5.82 Å². The van der Waals surface area contributed by atoms with Gasteiger partial charge in [0.1, 0.15) is 23.7 Å². The minimum atomic E-state index is -1.21. The van der Waals surface area contributed by atoms with Crippen LogP contribution in [0.15, 0.2) is 66.0 Å². The molecule has 1 aliphatic heterocycles. The molecule has 34 heavy (non-hydrogen) atoms. The number of thiophene rings is 1. The van der Waals surface area contributed by atoms with Gasteiger partial charge in [0.25, 0.3) is 5.91 Å². The number of ether oxygens (including phenoxy) is 1. The Hall–Kier alpha value is -3.72. The van der Waals surface area contributed by atoms with Crippen molar-refractivity contribution in [1.29, 1.82) is 0 Å². The van der Waals surface area contributed by atoms with Gasteiger partial charge < -0.3 is 15.4 Å². The van der Waals surface area contributed by atoms with Gasteiger partial charge in [0.15, 0.2) is 0 Å². The fraction of sp³-hybridized carbons (Fsp3) is 0.240. The lowest BCUT2D eigenvalue weighted by molar-refractivity contribution is -0.134. The Morgan fingerprint density at radius 3 is 2.56 bits per heavy atom. The Labute approximate surface area is 200 Å². The number of halogens is 1. The van der Waals surface area contributed by atoms with Crippen molar-refractivity contribution in [2.75, 3.05) is 13.7 Å². The van der Waals surface area contributed by atoms with Crippen LogP contribution in [0.1, 0.15) is 29.0 Å². The molecule has 1 saturated heterocycles. The van der Waals surface area contributed by atoms with Gasteiger partial charge in [-0.05, 0) is 47.7 Å². The maximum Gasteiger partial charge on any atom is 0.325 e. The standard InChI is InChI=1S/C25H24FN3O4S/c1-25(14-17-6-3-4-7-19(17)33-2)23(31)29(24(32)28-25)15-21(30)27-22(20-8-5-13-34-20)16-9-11-18(26)12-10-16/h3-13,22H,14-15H2,1-2H3,(H,27,30)(H,28,32). The summed E-state index contributed by atoms with van der Waals surface area (Å²) in [5, 5.41) is 7.46. The maximum atomic E-state index is 13.4. The quantitative estimate of drug-likeness (QED) is 0.481. The first-order chi connectivity index (χ1) is 16.3. The Morgan fingerprint density at radius 1 is 1.15 bits per heavy atom. The zero-order valence-electron chi connectivity index (χ0n) is 18.7. The summed E-state index contributed by atoms with van der Waals surface area (Å²) < 4.78 is 18.8. The van der Waals surface area contributed by atoms with Gasteiger partial charge >= 0.3 is 6.03 Å². The number of hydrogen-bond donors (Lipinski definition) is 2. The van der Waals surface area contributed by atoms with E-state index in [0.717, 1.165) is 15.3 Å². The molecule has 1 aromatic heterocycles. The highest BCUT2D eigenvalue weighted by atomic mass is 32.1. The first-order valence-corrected chi connectivity index (χ1v) is 11.5. The number of carbonyl (C=O) groups is 3. The molecule has 2 heterocycles. The molecule has 0 bridgehead atoms. The fourth-order valence-corrected chi connectivity index (χ4v) is 4.82. The van der Waals surface area contributed by atoms with Crippen LogP contribution in [0.4, 0.5) is 9.18 Å². The first-order valence-electron chi connectivity index (χ1n) is 10.6. The van der Waals surface area contributed by atoms with E-state index in [0.29, 0.717) is 11.3 Å². The second kappa shape index (κ2) is 9.64. The van der Waals surface area contributed by atoms with E-state index in [9.17, 15) is 18.8 Å². The molecule has 0 spiro atoms. The van der Waals surface area contributed by atoms with Crippen molar-refractivity contribution in [3.8, 4) is 5.75 Å². The van der Waals surface area contributed by atoms with Crippen LogP contribution in [0.25, 0.3) is 0 Å². The molecule has 2 atom stereocenters. The molecule has 176 valence electrons. The molecule has 2 unspecified atom stereocenters. The molecule has 2 N–H and O–H groups in total. The predicted molar refractivity (Wildman–Crippen MR) is 126 cm³/mol. The van der Waals surface area contributed by atoms with Crippen molar-refractivity contribution in [2.45, 2.75) is 24.9 Å². The number of amides is 4. The van der Waals surface area contributed by atoms with Crippen molar-refractivity contribution in [3.05, 3.63) is 87.9 Å². The van der Waals surface area contributed by atoms with E-state index in [1.54, 1.807) is 25.1 Å². The molecule has 1 aliphatic rings. The molecule has 0 aliphatic carbocycles. The van der Waals surface area contributed by atoms with E-state index in [-0.39, 0.29) is 12.2 Å². The molecule has 3 aromatic rings. The van der Waals surface area contributed by atoms with E-state index in [4.69, 9.17) is 4.74 Å². The number of rotatable bonds is 8. The third kappa shape index (κ3) is 4.79. The largest absolute Gasteiger partial charge is 0.496 e. The third-order valence-electron chi connectivity index (χ3n) is 5.72. The average molecular weight is 482 g/mol. The molecule has 0 radical (unpaired) electrons. The molecule has 9 heteroatoms. The normalized spacial score (nSPS) is 18.5. The summed E-state index contributed by atoms with van der Waals surface area (Å²) in [5.41, 5.74) is 0.243. The summed E-state index contributed by atoms with van der Waals surface area (Å²) in [5.74, 6) is -0.769. The van der Waals surface area contributed by atoms with Crippen molar-refractivity contribution in [1.82, 2.24) is 15.5 Å². The second-order valence-electron chi connectivity index (χ2n) is 8.21. The van der Waals surface area contributed by atoms with Crippen LogP contribution in [0.5, 0.6) is 5.75 Å². The van der Waals surface area contributed by atoms with Gasteiger partial charge in [-0.15, -0.1) is 11.3 Å². The predicted octanol–water partition coefficient (Wildman–Crippen LogP) is 3.65. The van der Waals surface area contributed by atoms with Gasteiger partial charge in [0.2, 0.25) is 5.91 Å². The van der Waals surface area contributed by atoms with Crippen molar-refractivity contribution in [2.24, 2.45) is 0 Å². The minimum Gasteiger partial charge on any atom is -0.496 e. The van der Waals surface area contributed by atoms with E-state index in [1.165, 1.54) is 30.6 Å². The number of para-hydroxylation sites is 1. The van der Waals surface area contributed by atoms with Gasteiger partial charge in [-0.1, -0.05) is 36.4 Å². The van der Waals surface area contributed by atoms with Crippen molar-refractivity contribution >= 4 is 29.2 Å². The summed E-state index contributed by atoms with van der Waals surface area (Å²) >= 11 is 1.44. The van der Waals surface area contributed by atoms with E-state index < -0.39 is 36.0 Å². The lowest BCUT2D eigenvalue weighted by Gasteiger charge is -2.23. The van der Waals surface area contributed by atoms with Gasteiger partial charge in [-0.2, -0.15) is 0 Å². The smallest absolute Gasteiger partial charge is 0.325 e. The number of imide groups is 1. The number of carbonyl (C=O) groups excluding carboxylic acids is 3. The van der Waals surface area contributed by atoms with E-state index >= 15 is 0 Å². The zero-order chi connectivity index (χ0) is 24.3. The molecule has 1 fully saturated rings. The van der Waals surface area contributed by atoms with Crippen molar-refractivity contribution in [3.63, 3.8) is 0 Å². The number of nitrogens with one attached hydrogen (secondary N) is 2. The molecule has 4 amide bonds. The molecule has 7 nitrogen and oxygen atoms in total. The summed E-state index contributed by atoms with van der Waals surface area (Å²) in [6, 6.07) is 15.6. The topological polar surface area (TPSA) is 87.7 Å². The lowest BCUT2D eigenvalue weighted by atomic mass is 9.92. The number of nitrogens with zero attached hydrogens (tertiary/aromatic N) is 1. The second-order valence-corrected chi connectivity index (χ2v) is 9.19. The van der Waals surface area contributed by atoms with Crippen molar-refractivity contribution < 1.29 is 23.5 Å². The summed E-state index contributed by atoms with van der Waals surface area (Å²) in [7, 11) is 1.54. The van der Waals surface area contributed by atoms with Crippen LogP contribution >= 0.6 is 11.3 Å². The maximum absolute atomic E-state index is 13.4. The van der Waals surface area contributed by atoms with Gasteiger partial charge in [-0.25, -0.2) is 9.18 Å². The number of benzene rings is 2. The molecule has 2 aromatic carbocycles. The Bertz CT molecular complexity index is 1200. The van der Waals surface area contributed by atoms with Crippen LogP contribution in [0.3, 0.4) is 0 Å². The van der Waals surface area contributed by atoms with Crippen LogP contribution in [0.2, 0.25) is 0 Å². The highest BCUT2D eigenvalue weighted by molar-refractivity contribution is 7.10. The van der Waals surface area contributed by atoms with Crippen LogP contribution < -0.4 is 15.4 Å². The summed E-state index contributed by atoms with van der Waals surface area (Å²) in [6.07, 6.45) is 0.215. The summed E-state index contributed by atoms with van der Waals surface area (Å²) in [4.78, 5) is 40.5. The van der Waals surface area contributed by atoms with Gasteiger partial charge in [-0.3, -0.25) is 14.5 Å². The van der Waals surface area contributed by atoms with Crippen LogP contribution in [-0.4, -0.2) is 41.9 Å². The highest BCUT2D eigenvalue weighted by Gasteiger charge is 2.48. The Morgan fingerprint density at radius 2 is 1.88 bits per heavy atom. The number of methoxy groups -OCH3 is 1. The third-order valence-corrected chi connectivity index (χ3v) is 6.66. The summed E-state index contributed by atoms with van der Waals surface area (Å²) in [6.45, 7) is 1.19. The fourth-order valence-electron chi connectivity index (χ4n) is 4.02. The van der Waals surface area contributed by atoms with Gasteiger partial charge in [0, 0.05) is 11.3 Å². The van der Waals surface area contributed by atoms with E-state index in [2.05, 4.69) is 10.6 Å². The van der Waals surface area contributed by atoms with Gasteiger partial charge in [0.05, 0.1) is 13.2 Å². The number of hydrogen-bond acceptors (Lipinski definition) is 5. The SMILES string of the molecule is COc1ccccc1CC1(C)NC(=O)N(CC(=O)NC(c2ccc(F)cc2)c2cccs2)C1=O. The minimum absolute atomic E-state index is 0.215.